The van der Waals surface area contributed by atoms with Crippen LogP contribution in [0.3, 0.4) is 0 Å². The number of carbonyl (C=O) groups excluding carboxylic acids is 1. The lowest BCUT2D eigenvalue weighted by atomic mass is 10.1. The second-order valence-corrected chi connectivity index (χ2v) is 6.44. The summed E-state index contributed by atoms with van der Waals surface area (Å²) in [4.78, 5) is 13.2. The van der Waals surface area contributed by atoms with Crippen molar-refractivity contribution in [3.63, 3.8) is 0 Å². The van der Waals surface area contributed by atoms with Gasteiger partial charge in [0.05, 0.1) is 6.54 Å². The van der Waals surface area contributed by atoms with E-state index >= 15 is 0 Å². The summed E-state index contributed by atoms with van der Waals surface area (Å²) in [5, 5.41) is 12.1. The Hall–Kier alpha value is -2.60. The van der Waals surface area contributed by atoms with Gasteiger partial charge in [0.1, 0.15) is 0 Å². The summed E-state index contributed by atoms with van der Waals surface area (Å²) in [6.45, 7) is 1.84. The van der Waals surface area contributed by atoms with Crippen LogP contribution in [0.2, 0.25) is 0 Å². The minimum atomic E-state index is -0.138. The zero-order valence-electron chi connectivity index (χ0n) is 13.3. The highest BCUT2D eigenvalue weighted by Crippen LogP contribution is 2.10. The predicted octanol–water partition coefficient (Wildman–Crippen LogP) is 3.03. The molecule has 0 saturated carbocycles. The Balaban J connectivity index is 1.48. The molecule has 0 bridgehead atoms. The van der Waals surface area contributed by atoms with Crippen molar-refractivity contribution in [2.45, 2.75) is 19.5 Å². The Morgan fingerprint density at radius 3 is 2.71 bits per heavy atom. The second-order valence-electron chi connectivity index (χ2n) is 5.41. The van der Waals surface area contributed by atoms with E-state index in [2.05, 4.69) is 27.9 Å². The van der Waals surface area contributed by atoms with E-state index in [-0.39, 0.29) is 6.03 Å². The van der Waals surface area contributed by atoms with Crippen LogP contribution in [0.15, 0.2) is 60.2 Å². The first-order chi connectivity index (χ1) is 11.8. The van der Waals surface area contributed by atoms with Gasteiger partial charge in [0.15, 0.2) is 0 Å². The number of hydrogen-bond donors (Lipinski definition) is 2. The van der Waals surface area contributed by atoms with Crippen molar-refractivity contribution in [3.8, 4) is 0 Å². The van der Waals surface area contributed by atoms with E-state index < -0.39 is 0 Å². The minimum absolute atomic E-state index is 0.138. The fourth-order valence-corrected chi connectivity index (χ4v) is 3.15. The maximum Gasteiger partial charge on any atom is 0.315 e. The van der Waals surface area contributed by atoms with E-state index in [1.165, 1.54) is 4.88 Å². The Morgan fingerprint density at radius 2 is 1.96 bits per heavy atom. The highest BCUT2D eigenvalue weighted by molar-refractivity contribution is 7.09. The second kappa shape index (κ2) is 8.31. The molecule has 0 spiro atoms. The SMILES string of the molecule is O=C(NCCc1cccs1)NCc1ccccc1Cn1cccn1. The molecule has 2 amide bonds. The van der Waals surface area contributed by atoms with Crippen molar-refractivity contribution in [2.24, 2.45) is 0 Å². The number of nitrogens with one attached hydrogen (secondary N) is 2. The number of urea groups is 1. The number of amides is 2. The Labute approximate surface area is 145 Å². The highest BCUT2D eigenvalue weighted by atomic mass is 32.1. The van der Waals surface area contributed by atoms with Crippen molar-refractivity contribution < 1.29 is 4.79 Å². The number of benzene rings is 1. The summed E-state index contributed by atoms with van der Waals surface area (Å²) < 4.78 is 1.87. The molecule has 0 atom stereocenters. The van der Waals surface area contributed by atoms with Gasteiger partial charge < -0.3 is 10.6 Å². The smallest absolute Gasteiger partial charge is 0.315 e. The Kier molecular flexibility index (Phi) is 5.63. The van der Waals surface area contributed by atoms with Gasteiger partial charge in [-0.2, -0.15) is 5.10 Å². The fourth-order valence-electron chi connectivity index (χ4n) is 2.44. The van der Waals surface area contributed by atoms with E-state index in [0.29, 0.717) is 19.6 Å². The fraction of sp³-hybridized carbons (Fsp3) is 0.222. The molecule has 0 fully saturated rings. The zero-order valence-corrected chi connectivity index (χ0v) is 14.1. The minimum Gasteiger partial charge on any atom is -0.338 e. The summed E-state index contributed by atoms with van der Waals surface area (Å²) in [6, 6.07) is 14.0. The predicted molar refractivity (Wildman–Crippen MR) is 96.0 cm³/mol. The third kappa shape index (κ3) is 4.70. The molecule has 0 unspecified atom stereocenters. The van der Waals surface area contributed by atoms with Crippen LogP contribution in [0.25, 0.3) is 0 Å². The van der Waals surface area contributed by atoms with Crippen LogP contribution in [0.4, 0.5) is 4.79 Å². The van der Waals surface area contributed by atoms with Gasteiger partial charge in [-0.05, 0) is 35.1 Å². The Bertz CT molecular complexity index is 753. The van der Waals surface area contributed by atoms with Crippen LogP contribution in [0.5, 0.6) is 0 Å². The largest absolute Gasteiger partial charge is 0.338 e. The van der Waals surface area contributed by atoms with Crippen LogP contribution in [-0.2, 0) is 19.5 Å². The normalized spacial score (nSPS) is 10.5. The average molecular weight is 340 g/mol. The summed E-state index contributed by atoms with van der Waals surface area (Å²) >= 11 is 1.71. The first-order valence-corrected chi connectivity index (χ1v) is 8.77. The number of carbonyl (C=O) groups is 1. The van der Waals surface area contributed by atoms with Crippen LogP contribution < -0.4 is 10.6 Å². The third-order valence-electron chi connectivity index (χ3n) is 3.69. The molecular formula is C18H20N4OS. The maximum absolute atomic E-state index is 11.9. The molecule has 0 radical (unpaired) electrons. The van der Waals surface area contributed by atoms with Gasteiger partial charge >= 0.3 is 6.03 Å². The summed E-state index contributed by atoms with van der Waals surface area (Å²) in [7, 11) is 0. The quantitative estimate of drug-likeness (QED) is 0.694. The molecule has 5 nitrogen and oxygen atoms in total. The van der Waals surface area contributed by atoms with Gasteiger partial charge in [-0.1, -0.05) is 30.3 Å². The van der Waals surface area contributed by atoms with Gasteiger partial charge in [-0.25, -0.2) is 4.79 Å². The van der Waals surface area contributed by atoms with Gasteiger partial charge in [0.25, 0.3) is 0 Å². The van der Waals surface area contributed by atoms with Crippen molar-refractivity contribution in [1.82, 2.24) is 20.4 Å². The number of aromatic nitrogens is 2. The van der Waals surface area contributed by atoms with Gasteiger partial charge in [-0.3, -0.25) is 4.68 Å². The molecule has 0 saturated heterocycles. The molecule has 0 aliphatic carbocycles. The molecular weight excluding hydrogens is 320 g/mol. The summed E-state index contributed by atoms with van der Waals surface area (Å²) in [6.07, 6.45) is 4.56. The van der Waals surface area contributed by atoms with Crippen molar-refractivity contribution in [2.75, 3.05) is 6.54 Å². The summed E-state index contributed by atoms with van der Waals surface area (Å²) in [5.74, 6) is 0. The van der Waals surface area contributed by atoms with Gasteiger partial charge in [0.2, 0.25) is 0 Å². The number of thiophene rings is 1. The molecule has 124 valence electrons. The molecule has 2 N–H and O–H groups in total. The van der Waals surface area contributed by atoms with Crippen molar-refractivity contribution >= 4 is 17.4 Å². The lowest BCUT2D eigenvalue weighted by Crippen LogP contribution is -2.36. The maximum atomic E-state index is 11.9. The molecule has 2 aromatic heterocycles. The molecule has 0 aliphatic rings. The van der Waals surface area contributed by atoms with Crippen molar-refractivity contribution in [3.05, 3.63) is 76.2 Å². The van der Waals surface area contributed by atoms with Crippen LogP contribution in [0, 0.1) is 0 Å². The monoisotopic (exact) mass is 340 g/mol. The number of hydrogen-bond acceptors (Lipinski definition) is 3. The van der Waals surface area contributed by atoms with Crippen LogP contribution >= 0.6 is 11.3 Å². The lowest BCUT2D eigenvalue weighted by molar-refractivity contribution is 0.240. The topological polar surface area (TPSA) is 59.0 Å². The zero-order chi connectivity index (χ0) is 16.6. The van der Waals surface area contributed by atoms with Gasteiger partial charge in [0, 0.05) is 30.4 Å². The standard InChI is InChI=1S/C18H20N4OS/c23-18(19-10-8-17-7-3-12-24-17)20-13-15-5-1-2-6-16(15)14-22-11-4-9-21-22/h1-7,9,11-12H,8,10,13-14H2,(H2,19,20,23). The Morgan fingerprint density at radius 1 is 1.08 bits per heavy atom. The third-order valence-corrected chi connectivity index (χ3v) is 4.62. The number of rotatable bonds is 7. The highest BCUT2D eigenvalue weighted by Gasteiger charge is 2.05. The molecule has 24 heavy (non-hydrogen) atoms. The van der Waals surface area contributed by atoms with E-state index in [1.54, 1.807) is 17.5 Å². The van der Waals surface area contributed by atoms with E-state index in [0.717, 1.165) is 17.5 Å². The first-order valence-electron chi connectivity index (χ1n) is 7.89. The van der Waals surface area contributed by atoms with E-state index in [9.17, 15) is 4.79 Å². The number of nitrogens with zero attached hydrogens (tertiary/aromatic N) is 2. The molecule has 2 heterocycles. The lowest BCUT2D eigenvalue weighted by Gasteiger charge is -2.11. The van der Waals surface area contributed by atoms with Crippen molar-refractivity contribution in [1.29, 1.82) is 0 Å². The van der Waals surface area contributed by atoms with Gasteiger partial charge in [-0.15, -0.1) is 11.3 Å². The molecule has 6 heteroatoms. The van der Waals surface area contributed by atoms with Crippen LogP contribution in [0.1, 0.15) is 16.0 Å². The van der Waals surface area contributed by atoms with Crippen LogP contribution in [-0.4, -0.2) is 22.4 Å². The van der Waals surface area contributed by atoms with E-state index in [1.807, 2.05) is 46.6 Å². The molecule has 1 aromatic carbocycles. The first kappa shape index (κ1) is 16.3. The van der Waals surface area contributed by atoms with E-state index in [4.69, 9.17) is 0 Å². The molecule has 0 aliphatic heterocycles. The molecule has 3 rings (SSSR count). The summed E-state index contributed by atoms with van der Waals surface area (Å²) in [5.41, 5.74) is 2.25. The molecule has 3 aromatic rings. The average Bonchev–Trinajstić information content (AvgIpc) is 3.28.